The van der Waals surface area contributed by atoms with Gasteiger partial charge in [-0.05, 0) is 26.0 Å². The highest BCUT2D eigenvalue weighted by Gasteiger charge is 2.38. The number of imide groups is 1. The highest BCUT2D eigenvalue weighted by molar-refractivity contribution is 6.22. The van der Waals surface area contributed by atoms with Crippen LogP contribution in [0.15, 0.2) is 24.3 Å². The van der Waals surface area contributed by atoms with E-state index in [1.807, 2.05) is 13.8 Å². The molecule has 1 aromatic rings. The Balaban J connectivity index is 0.00000192. The number of nitrogens with one attached hydrogen (secondary N) is 1. The molecule has 6 nitrogen and oxygen atoms in total. The van der Waals surface area contributed by atoms with E-state index in [0.717, 1.165) is 11.4 Å². The van der Waals surface area contributed by atoms with E-state index in [4.69, 9.17) is 0 Å². The molecule has 3 amide bonds. The quantitative estimate of drug-likeness (QED) is 0.815. The molecule has 0 bridgehead atoms. The van der Waals surface area contributed by atoms with E-state index in [1.54, 1.807) is 29.2 Å². The van der Waals surface area contributed by atoms with Crippen molar-refractivity contribution in [2.45, 2.75) is 25.9 Å². The number of halogens is 1. The fourth-order valence-electron chi connectivity index (χ4n) is 3.02. The lowest BCUT2D eigenvalue weighted by Gasteiger charge is -2.39. The third-order valence-electron chi connectivity index (χ3n) is 4.53. The van der Waals surface area contributed by atoms with Gasteiger partial charge in [-0.15, -0.1) is 12.4 Å². The topological polar surface area (TPSA) is 69.7 Å². The lowest BCUT2D eigenvalue weighted by atomic mass is 10.1. The Labute approximate surface area is 141 Å². The average molecular weight is 338 g/mol. The fourth-order valence-corrected chi connectivity index (χ4v) is 3.02. The van der Waals surface area contributed by atoms with Gasteiger partial charge < -0.3 is 10.2 Å². The van der Waals surface area contributed by atoms with Crippen LogP contribution in [0.5, 0.6) is 0 Å². The molecule has 124 valence electrons. The first-order chi connectivity index (χ1) is 10.5. The van der Waals surface area contributed by atoms with Crippen LogP contribution in [-0.4, -0.2) is 59.2 Å². The number of fused-ring (bicyclic) bond motifs is 1. The zero-order chi connectivity index (χ0) is 15.9. The monoisotopic (exact) mass is 337 g/mol. The predicted molar refractivity (Wildman–Crippen MR) is 87.7 cm³/mol. The molecular weight excluding hydrogens is 318 g/mol. The van der Waals surface area contributed by atoms with Gasteiger partial charge in [0.25, 0.3) is 11.8 Å². The Morgan fingerprint density at radius 1 is 1.17 bits per heavy atom. The van der Waals surface area contributed by atoms with Crippen molar-refractivity contribution in [3.8, 4) is 0 Å². The molecular formula is C16H20ClN3O3. The number of benzene rings is 1. The summed E-state index contributed by atoms with van der Waals surface area (Å²) in [4.78, 5) is 39.9. The number of nitrogens with zero attached hydrogens (tertiary/aromatic N) is 2. The summed E-state index contributed by atoms with van der Waals surface area (Å²) in [5.41, 5.74) is 0.754. The summed E-state index contributed by atoms with van der Waals surface area (Å²) < 4.78 is 0. The van der Waals surface area contributed by atoms with Gasteiger partial charge in [0, 0.05) is 25.2 Å². The molecule has 2 aliphatic rings. The molecule has 2 atom stereocenters. The summed E-state index contributed by atoms with van der Waals surface area (Å²) in [5, 5.41) is 3.30. The minimum Gasteiger partial charge on any atom is -0.336 e. The largest absolute Gasteiger partial charge is 0.336 e. The third-order valence-corrected chi connectivity index (χ3v) is 4.53. The molecule has 1 fully saturated rings. The van der Waals surface area contributed by atoms with Gasteiger partial charge in [-0.3, -0.25) is 19.3 Å². The van der Waals surface area contributed by atoms with Crippen LogP contribution in [0.2, 0.25) is 0 Å². The molecule has 0 saturated carbocycles. The Morgan fingerprint density at radius 3 is 2.30 bits per heavy atom. The average Bonchev–Trinajstić information content (AvgIpc) is 2.75. The van der Waals surface area contributed by atoms with Gasteiger partial charge in [-0.2, -0.15) is 0 Å². The Hall–Kier alpha value is -1.92. The minimum atomic E-state index is -0.384. The molecule has 1 N–H and O–H groups in total. The van der Waals surface area contributed by atoms with E-state index in [9.17, 15) is 14.4 Å². The van der Waals surface area contributed by atoms with Crippen LogP contribution < -0.4 is 5.32 Å². The minimum absolute atomic E-state index is 0. The maximum Gasteiger partial charge on any atom is 0.262 e. The molecule has 23 heavy (non-hydrogen) atoms. The lowest BCUT2D eigenvalue weighted by Crippen LogP contribution is -2.59. The molecule has 0 spiro atoms. The van der Waals surface area contributed by atoms with Gasteiger partial charge in [0.1, 0.15) is 6.54 Å². The van der Waals surface area contributed by atoms with Crippen LogP contribution in [0, 0.1) is 0 Å². The molecule has 1 aromatic carbocycles. The predicted octanol–water partition coefficient (Wildman–Crippen LogP) is 0.913. The summed E-state index contributed by atoms with van der Waals surface area (Å²) in [6.07, 6.45) is 0. The number of hydrogen-bond donors (Lipinski definition) is 1. The van der Waals surface area contributed by atoms with Crippen molar-refractivity contribution in [2.75, 3.05) is 19.6 Å². The van der Waals surface area contributed by atoms with Gasteiger partial charge in [0.2, 0.25) is 5.91 Å². The summed E-state index contributed by atoms with van der Waals surface area (Å²) in [6, 6.07) is 6.91. The smallest absolute Gasteiger partial charge is 0.262 e. The first-order valence-electron chi connectivity index (χ1n) is 7.49. The van der Waals surface area contributed by atoms with Crippen LogP contribution in [0.25, 0.3) is 0 Å². The second-order valence-electron chi connectivity index (χ2n) is 5.81. The third kappa shape index (κ3) is 2.96. The van der Waals surface area contributed by atoms with Gasteiger partial charge >= 0.3 is 0 Å². The number of hydrogen-bond acceptors (Lipinski definition) is 4. The van der Waals surface area contributed by atoms with Crippen molar-refractivity contribution < 1.29 is 14.4 Å². The lowest BCUT2D eigenvalue weighted by molar-refractivity contribution is -0.135. The molecule has 1 saturated heterocycles. The van der Waals surface area contributed by atoms with E-state index in [1.165, 1.54) is 0 Å². The van der Waals surface area contributed by atoms with Crippen molar-refractivity contribution in [3.05, 3.63) is 35.4 Å². The highest BCUT2D eigenvalue weighted by Crippen LogP contribution is 2.22. The second-order valence-corrected chi connectivity index (χ2v) is 5.81. The Kier molecular flexibility index (Phi) is 5.06. The summed E-state index contributed by atoms with van der Waals surface area (Å²) in [7, 11) is 0. The highest BCUT2D eigenvalue weighted by atomic mass is 35.5. The van der Waals surface area contributed by atoms with Crippen LogP contribution in [-0.2, 0) is 4.79 Å². The van der Waals surface area contributed by atoms with Crippen LogP contribution in [0.4, 0.5) is 0 Å². The van der Waals surface area contributed by atoms with E-state index < -0.39 is 0 Å². The van der Waals surface area contributed by atoms with Crippen LogP contribution in [0.3, 0.4) is 0 Å². The molecule has 2 aliphatic heterocycles. The zero-order valence-corrected chi connectivity index (χ0v) is 13.9. The van der Waals surface area contributed by atoms with Crippen molar-refractivity contribution in [1.29, 1.82) is 0 Å². The molecule has 0 radical (unpaired) electrons. The maximum atomic E-state index is 12.5. The van der Waals surface area contributed by atoms with E-state index in [0.29, 0.717) is 17.7 Å². The van der Waals surface area contributed by atoms with Crippen molar-refractivity contribution in [3.63, 3.8) is 0 Å². The SMILES string of the molecule is CC1NCCN(C(=O)CN2C(=O)c3ccccc3C2=O)C1C.Cl. The number of piperazine rings is 1. The van der Waals surface area contributed by atoms with Gasteiger partial charge in [0.05, 0.1) is 11.1 Å². The molecule has 7 heteroatoms. The van der Waals surface area contributed by atoms with Crippen molar-refractivity contribution in [1.82, 2.24) is 15.1 Å². The number of amides is 3. The van der Waals surface area contributed by atoms with E-state index in [-0.39, 0.29) is 48.8 Å². The first-order valence-corrected chi connectivity index (χ1v) is 7.49. The fraction of sp³-hybridized carbons (Fsp3) is 0.438. The number of carbonyl (C=O) groups is 3. The van der Waals surface area contributed by atoms with E-state index >= 15 is 0 Å². The van der Waals surface area contributed by atoms with Gasteiger partial charge in [0.15, 0.2) is 0 Å². The van der Waals surface area contributed by atoms with Crippen molar-refractivity contribution >= 4 is 30.1 Å². The normalized spacial score (nSPS) is 23.6. The number of rotatable bonds is 2. The number of carbonyl (C=O) groups excluding carboxylic acids is 3. The van der Waals surface area contributed by atoms with Gasteiger partial charge in [-0.1, -0.05) is 12.1 Å². The summed E-state index contributed by atoms with van der Waals surface area (Å²) in [5.74, 6) is -0.954. The van der Waals surface area contributed by atoms with Crippen LogP contribution in [0.1, 0.15) is 34.6 Å². The molecule has 0 aliphatic carbocycles. The van der Waals surface area contributed by atoms with Crippen molar-refractivity contribution in [2.24, 2.45) is 0 Å². The van der Waals surface area contributed by atoms with E-state index in [2.05, 4.69) is 5.32 Å². The first kappa shape index (κ1) is 17.4. The zero-order valence-electron chi connectivity index (χ0n) is 13.1. The molecule has 0 aromatic heterocycles. The maximum absolute atomic E-state index is 12.5. The summed E-state index contributed by atoms with van der Waals surface area (Å²) in [6.45, 7) is 5.11. The summed E-state index contributed by atoms with van der Waals surface area (Å²) >= 11 is 0. The molecule has 2 heterocycles. The molecule has 3 rings (SSSR count). The second kappa shape index (κ2) is 6.68. The standard InChI is InChI=1S/C16H19N3O3.ClH/c1-10-11(2)18(8-7-17-10)14(20)9-19-15(21)12-5-3-4-6-13(12)16(19)22;/h3-6,10-11,17H,7-9H2,1-2H3;1H. The Morgan fingerprint density at radius 2 is 1.74 bits per heavy atom. The molecule has 2 unspecified atom stereocenters. The Bertz CT molecular complexity index is 614. The van der Waals surface area contributed by atoms with Gasteiger partial charge in [-0.25, -0.2) is 0 Å². The van der Waals surface area contributed by atoms with Crippen LogP contribution >= 0.6 is 12.4 Å².